The molecule has 1 saturated carbocycles. The van der Waals surface area contributed by atoms with Crippen molar-refractivity contribution in [1.82, 2.24) is 19.5 Å². The molecule has 0 saturated heterocycles. The van der Waals surface area contributed by atoms with Crippen LogP contribution in [0.25, 0.3) is 31.7 Å². The molecule has 0 atom stereocenters. The highest BCUT2D eigenvalue weighted by atomic mass is 32.1. The van der Waals surface area contributed by atoms with E-state index < -0.39 is 41.6 Å². The van der Waals surface area contributed by atoms with Crippen molar-refractivity contribution in [2.24, 2.45) is 0 Å². The van der Waals surface area contributed by atoms with Gasteiger partial charge in [-0.3, -0.25) is 9.36 Å². The number of hydrogen-bond donors (Lipinski definition) is 1. The van der Waals surface area contributed by atoms with E-state index in [2.05, 4.69) is 15.0 Å². The second-order valence-corrected chi connectivity index (χ2v) is 9.92. The van der Waals surface area contributed by atoms with Crippen molar-refractivity contribution in [3.63, 3.8) is 0 Å². The first-order valence-corrected chi connectivity index (χ1v) is 12.1. The maximum Gasteiger partial charge on any atom is 0.451 e. The van der Waals surface area contributed by atoms with Crippen molar-refractivity contribution in [1.29, 1.82) is 0 Å². The molecule has 1 fully saturated rings. The van der Waals surface area contributed by atoms with E-state index in [0.717, 1.165) is 52.6 Å². The first-order chi connectivity index (χ1) is 18.0. The fraction of sp³-hybridized carbons (Fsp3) is 0.200. The molecule has 0 spiro atoms. The van der Waals surface area contributed by atoms with Gasteiger partial charge in [0.1, 0.15) is 22.2 Å². The SMILES string of the molecule is O=c1c2c(nc(-c3cc(F)c(F)cc3C3CC3)n1Cc1cnc(C(F)(F)F)nc1)sc1c(O)ccc(F)c12. The van der Waals surface area contributed by atoms with Crippen LogP contribution in [0.3, 0.4) is 0 Å². The Morgan fingerprint density at radius 3 is 2.34 bits per heavy atom. The van der Waals surface area contributed by atoms with Crippen molar-refractivity contribution in [3.05, 3.63) is 81.4 Å². The molecule has 1 N–H and O–H groups in total. The highest BCUT2D eigenvalue weighted by Crippen LogP contribution is 2.45. The minimum absolute atomic E-state index is 0.0480. The van der Waals surface area contributed by atoms with Crippen molar-refractivity contribution in [2.75, 3.05) is 0 Å². The number of rotatable bonds is 4. The lowest BCUT2D eigenvalue weighted by Crippen LogP contribution is -2.24. The molecular weight excluding hydrogens is 534 g/mol. The average Bonchev–Trinajstić information content (AvgIpc) is 3.63. The van der Waals surface area contributed by atoms with E-state index in [1.54, 1.807) is 0 Å². The van der Waals surface area contributed by atoms with E-state index in [4.69, 9.17) is 0 Å². The van der Waals surface area contributed by atoms with Crippen LogP contribution in [-0.4, -0.2) is 24.6 Å². The predicted molar refractivity (Wildman–Crippen MR) is 126 cm³/mol. The summed E-state index contributed by atoms with van der Waals surface area (Å²) >= 11 is 0.850. The number of hydrogen-bond acceptors (Lipinski definition) is 6. The molecule has 0 radical (unpaired) electrons. The smallest absolute Gasteiger partial charge is 0.451 e. The van der Waals surface area contributed by atoms with E-state index in [0.29, 0.717) is 18.4 Å². The van der Waals surface area contributed by atoms with Gasteiger partial charge in [0, 0.05) is 28.9 Å². The minimum Gasteiger partial charge on any atom is -0.506 e. The zero-order valence-corrected chi connectivity index (χ0v) is 19.8. The summed E-state index contributed by atoms with van der Waals surface area (Å²) in [5.41, 5.74) is -0.156. The van der Waals surface area contributed by atoms with Gasteiger partial charge in [0.15, 0.2) is 11.6 Å². The molecule has 5 aromatic rings. The lowest BCUT2D eigenvalue weighted by Gasteiger charge is -2.16. The molecule has 0 aliphatic heterocycles. The number of halogens is 6. The molecule has 194 valence electrons. The summed E-state index contributed by atoms with van der Waals surface area (Å²) in [4.78, 5) is 25.0. The summed E-state index contributed by atoms with van der Waals surface area (Å²) in [5, 5.41) is 9.94. The number of fused-ring (bicyclic) bond motifs is 3. The summed E-state index contributed by atoms with van der Waals surface area (Å²) in [5.74, 6) is -4.88. The summed E-state index contributed by atoms with van der Waals surface area (Å²) in [7, 11) is 0. The monoisotopic (exact) mass is 548 g/mol. The van der Waals surface area contributed by atoms with Gasteiger partial charge < -0.3 is 5.11 Å². The number of alkyl halides is 3. The number of benzene rings is 2. The van der Waals surface area contributed by atoms with Crippen LogP contribution >= 0.6 is 11.3 Å². The van der Waals surface area contributed by atoms with Crippen LogP contribution in [0.15, 0.2) is 41.5 Å². The Hall–Kier alpha value is -4.00. The molecule has 3 heterocycles. The Balaban J connectivity index is 1.64. The second kappa shape index (κ2) is 8.51. The highest BCUT2D eigenvalue weighted by molar-refractivity contribution is 7.25. The molecule has 13 heteroatoms. The van der Waals surface area contributed by atoms with E-state index in [9.17, 15) is 36.2 Å². The molecular formula is C25H14F6N4O2S. The van der Waals surface area contributed by atoms with Crippen LogP contribution < -0.4 is 5.56 Å². The molecule has 0 bridgehead atoms. The molecule has 1 aliphatic rings. The first-order valence-electron chi connectivity index (χ1n) is 11.2. The lowest BCUT2D eigenvalue weighted by molar-refractivity contribution is -0.145. The molecule has 3 aromatic heterocycles. The Morgan fingerprint density at radius 2 is 1.68 bits per heavy atom. The van der Waals surface area contributed by atoms with Gasteiger partial charge in [-0.15, -0.1) is 11.3 Å². The third-order valence-electron chi connectivity index (χ3n) is 6.32. The molecule has 6 rings (SSSR count). The largest absolute Gasteiger partial charge is 0.506 e. The van der Waals surface area contributed by atoms with Crippen LogP contribution in [0.2, 0.25) is 0 Å². The Kier molecular flexibility index (Phi) is 5.45. The van der Waals surface area contributed by atoms with Crippen molar-refractivity contribution in [3.8, 4) is 17.1 Å². The first kappa shape index (κ1) is 24.3. The van der Waals surface area contributed by atoms with Crippen molar-refractivity contribution < 1.29 is 31.4 Å². The van der Waals surface area contributed by atoms with E-state index in [1.807, 2.05) is 0 Å². The molecule has 2 aromatic carbocycles. The Labute approximate surface area is 212 Å². The van der Waals surface area contributed by atoms with E-state index in [1.165, 1.54) is 0 Å². The number of aromatic hydroxyl groups is 1. The van der Waals surface area contributed by atoms with Crippen LogP contribution in [0.5, 0.6) is 5.75 Å². The van der Waals surface area contributed by atoms with Crippen LogP contribution in [0, 0.1) is 17.5 Å². The summed E-state index contributed by atoms with van der Waals surface area (Å²) in [6.07, 6.45) is -1.58. The predicted octanol–water partition coefficient (Wildman–Crippen LogP) is 6.14. The molecule has 6 nitrogen and oxygen atoms in total. The van der Waals surface area contributed by atoms with Gasteiger partial charge in [0.2, 0.25) is 5.82 Å². The fourth-order valence-electron chi connectivity index (χ4n) is 4.41. The van der Waals surface area contributed by atoms with Crippen LogP contribution in [0.4, 0.5) is 26.3 Å². The number of nitrogens with zero attached hydrogens (tertiary/aromatic N) is 4. The quantitative estimate of drug-likeness (QED) is 0.273. The van der Waals surface area contributed by atoms with Gasteiger partial charge >= 0.3 is 6.18 Å². The van der Waals surface area contributed by atoms with Gasteiger partial charge in [-0.25, -0.2) is 28.1 Å². The van der Waals surface area contributed by atoms with Crippen molar-refractivity contribution in [2.45, 2.75) is 31.5 Å². The molecule has 0 unspecified atom stereocenters. The second-order valence-electron chi connectivity index (χ2n) is 8.92. The van der Waals surface area contributed by atoms with Gasteiger partial charge in [-0.1, -0.05) is 0 Å². The van der Waals surface area contributed by atoms with Gasteiger partial charge in [0.25, 0.3) is 5.56 Å². The maximum atomic E-state index is 14.8. The lowest BCUT2D eigenvalue weighted by atomic mass is 10.0. The van der Waals surface area contributed by atoms with E-state index in [-0.39, 0.29) is 48.9 Å². The standard InChI is InChI=1S/C25H14F6N4O2S/c26-14-3-4-17(36)20-18(14)19-22(38-20)34-21(13-6-16(28)15(27)5-12(13)11-1-2-11)35(23(19)37)9-10-7-32-24(33-8-10)25(29,30)31/h3-8,11,36H,1-2,9H2. The molecule has 0 amide bonds. The normalized spacial score (nSPS) is 14.1. The Bertz CT molecular complexity index is 1810. The highest BCUT2D eigenvalue weighted by Gasteiger charge is 2.34. The summed E-state index contributed by atoms with van der Waals surface area (Å²) in [6, 6.07) is 4.08. The summed E-state index contributed by atoms with van der Waals surface area (Å²) < 4.78 is 83.4. The maximum absolute atomic E-state index is 14.8. The minimum atomic E-state index is -4.78. The topological polar surface area (TPSA) is 80.9 Å². The third kappa shape index (κ3) is 3.97. The fourth-order valence-corrected chi connectivity index (χ4v) is 5.50. The average molecular weight is 548 g/mol. The number of phenolic OH excluding ortho intramolecular Hbond substituents is 1. The van der Waals surface area contributed by atoms with Gasteiger partial charge in [-0.05, 0) is 48.6 Å². The van der Waals surface area contributed by atoms with E-state index >= 15 is 0 Å². The molecule has 38 heavy (non-hydrogen) atoms. The molecule has 1 aliphatic carbocycles. The zero-order chi connectivity index (χ0) is 26.9. The van der Waals surface area contributed by atoms with Crippen LogP contribution in [0.1, 0.15) is 35.7 Å². The number of phenols is 1. The van der Waals surface area contributed by atoms with Crippen molar-refractivity contribution >= 4 is 31.6 Å². The number of aromatic nitrogens is 4. The Morgan fingerprint density at radius 1 is 1.00 bits per heavy atom. The zero-order valence-electron chi connectivity index (χ0n) is 19.0. The van der Waals surface area contributed by atoms with Crippen LogP contribution in [-0.2, 0) is 12.7 Å². The summed E-state index contributed by atoms with van der Waals surface area (Å²) in [6.45, 7) is -0.393. The number of thiophene rings is 1. The van der Waals surface area contributed by atoms with Gasteiger partial charge in [0.05, 0.1) is 16.6 Å². The van der Waals surface area contributed by atoms with Gasteiger partial charge in [-0.2, -0.15) is 13.2 Å². The third-order valence-corrected chi connectivity index (χ3v) is 7.43.